The summed E-state index contributed by atoms with van der Waals surface area (Å²) < 4.78 is 15.0. The molecule has 2 aromatic carbocycles. The van der Waals surface area contributed by atoms with E-state index in [9.17, 15) is 9.50 Å². The Bertz CT molecular complexity index is 1150. The van der Waals surface area contributed by atoms with Gasteiger partial charge in [-0.1, -0.05) is 47.7 Å². The highest BCUT2D eigenvalue weighted by Crippen LogP contribution is 2.41. The van der Waals surface area contributed by atoms with Crippen LogP contribution in [0.3, 0.4) is 0 Å². The van der Waals surface area contributed by atoms with Crippen molar-refractivity contribution in [2.45, 2.75) is 25.9 Å². The number of halogens is 1. The number of benzene rings is 2. The van der Waals surface area contributed by atoms with Crippen molar-refractivity contribution in [3.63, 3.8) is 0 Å². The van der Waals surface area contributed by atoms with Gasteiger partial charge in [0.2, 0.25) is 10.8 Å². The molecule has 5 nitrogen and oxygen atoms in total. The van der Waals surface area contributed by atoms with Crippen molar-refractivity contribution in [3.8, 4) is 5.88 Å². The molecule has 3 heterocycles. The van der Waals surface area contributed by atoms with Crippen molar-refractivity contribution in [2.24, 2.45) is 0 Å². The van der Waals surface area contributed by atoms with E-state index >= 15 is 0 Å². The van der Waals surface area contributed by atoms with Gasteiger partial charge in [0.25, 0.3) is 0 Å². The first kappa shape index (κ1) is 17.3. The fourth-order valence-corrected chi connectivity index (χ4v) is 5.10. The number of nitrogens with zero attached hydrogens (tertiary/aromatic N) is 4. The molecule has 0 aliphatic carbocycles. The number of fused-ring (bicyclic) bond motifs is 2. The highest BCUT2D eigenvalue weighted by Gasteiger charge is 2.31. The van der Waals surface area contributed by atoms with Gasteiger partial charge in [0.15, 0.2) is 0 Å². The van der Waals surface area contributed by atoms with E-state index in [0.717, 1.165) is 30.0 Å². The number of aromatic nitrogens is 3. The zero-order chi connectivity index (χ0) is 19.3. The molecule has 1 atom stereocenters. The molecule has 28 heavy (non-hydrogen) atoms. The Morgan fingerprint density at radius 3 is 2.61 bits per heavy atom. The van der Waals surface area contributed by atoms with E-state index in [0.29, 0.717) is 10.8 Å². The standard InChI is InChI=1S/C21H19FN4OS/c1-13-23-21-26(24-13)20(27)19(28-21)18(15-6-8-17(22)9-7-15)25-11-10-14-4-2-3-5-16(14)12-25/h2-9,18,27H,10-12H2,1H3/t18-/m1/s1. The van der Waals surface area contributed by atoms with Crippen molar-refractivity contribution in [2.75, 3.05) is 6.54 Å². The highest BCUT2D eigenvalue weighted by atomic mass is 32.1. The number of aromatic hydroxyl groups is 1. The van der Waals surface area contributed by atoms with Crippen LogP contribution < -0.4 is 0 Å². The lowest BCUT2D eigenvalue weighted by atomic mass is 9.96. The Balaban J connectivity index is 1.62. The molecule has 4 aromatic rings. The van der Waals surface area contributed by atoms with E-state index in [-0.39, 0.29) is 17.7 Å². The lowest BCUT2D eigenvalue weighted by Gasteiger charge is -2.35. The van der Waals surface area contributed by atoms with E-state index in [1.54, 1.807) is 19.1 Å². The summed E-state index contributed by atoms with van der Waals surface area (Å²) in [5.74, 6) is 0.459. The van der Waals surface area contributed by atoms with E-state index in [4.69, 9.17) is 0 Å². The maximum absolute atomic E-state index is 13.5. The molecule has 0 fully saturated rings. The summed E-state index contributed by atoms with van der Waals surface area (Å²) in [7, 11) is 0. The molecular formula is C21H19FN4OS. The van der Waals surface area contributed by atoms with Crippen LogP contribution in [0.25, 0.3) is 4.96 Å². The van der Waals surface area contributed by atoms with Crippen LogP contribution in [0.1, 0.15) is 33.4 Å². The fourth-order valence-electron chi connectivity index (χ4n) is 3.94. The Morgan fingerprint density at radius 2 is 1.86 bits per heavy atom. The molecule has 2 aromatic heterocycles. The lowest BCUT2D eigenvalue weighted by molar-refractivity contribution is 0.205. The first-order valence-corrected chi connectivity index (χ1v) is 10.0. The molecule has 0 amide bonds. The predicted octanol–water partition coefficient (Wildman–Crippen LogP) is 4.09. The van der Waals surface area contributed by atoms with Gasteiger partial charge in [-0.2, -0.15) is 4.52 Å². The third-order valence-corrected chi connectivity index (χ3v) is 6.34. The van der Waals surface area contributed by atoms with Crippen LogP contribution in [0.2, 0.25) is 0 Å². The number of hydrogen-bond acceptors (Lipinski definition) is 5. The second-order valence-corrected chi connectivity index (χ2v) is 8.10. The Morgan fingerprint density at radius 1 is 1.11 bits per heavy atom. The van der Waals surface area contributed by atoms with E-state index in [2.05, 4.69) is 39.2 Å². The second kappa shape index (κ2) is 6.68. The quantitative estimate of drug-likeness (QED) is 0.569. The summed E-state index contributed by atoms with van der Waals surface area (Å²) in [6, 6.07) is 14.8. The van der Waals surface area contributed by atoms with Crippen molar-refractivity contribution in [3.05, 3.63) is 81.7 Å². The van der Waals surface area contributed by atoms with Crippen LogP contribution in [0.4, 0.5) is 4.39 Å². The maximum Gasteiger partial charge on any atom is 0.230 e. The zero-order valence-corrected chi connectivity index (χ0v) is 16.2. The molecule has 0 saturated heterocycles. The minimum absolute atomic E-state index is 0.105. The topological polar surface area (TPSA) is 53.7 Å². The van der Waals surface area contributed by atoms with Crippen molar-refractivity contribution in [1.82, 2.24) is 19.5 Å². The summed E-state index contributed by atoms with van der Waals surface area (Å²) in [6.45, 7) is 3.42. The molecule has 1 aliphatic heterocycles. The summed E-state index contributed by atoms with van der Waals surface area (Å²) in [5.41, 5.74) is 3.59. The summed E-state index contributed by atoms with van der Waals surface area (Å²) in [6.07, 6.45) is 0.939. The zero-order valence-electron chi connectivity index (χ0n) is 15.3. The van der Waals surface area contributed by atoms with Crippen LogP contribution >= 0.6 is 11.3 Å². The second-order valence-electron chi connectivity index (χ2n) is 7.09. The first-order valence-electron chi connectivity index (χ1n) is 9.21. The molecule has 0 unspecified atom stereocenters. The van der Waals surface area contributed by atoms with Crippen LogP contribution in [-0.4, -0.2) is 31.1 Å². The van der Waals surface area contributed by atoms with Gasteiger partial charge < -0.3 is 5.11 Å². The van der Waals surface area contributed by atoms with E-state index in [1.807, 2.05) is 0 Å². The molecular weight excluding hydrogens is 375 g/mol. The van der Waals surface area contributed by atoms with Crippen LogP contribution in [0, 0.1) is 12.7 Å². The van der Waals surface area contributed by atoms with Gasteiger partial charge in [-0.3, -0.25) is 4.90 Å². The summed E-state index contributed by atoms with van der Waals surface area (Å²) >= 11 is 1.43. The molecule has 1 aliphatic rings. The third kappa shape index (κ3) is 2.87. The fraction of sp³-hybridized carbons (Fsp3) is 0.238. The van der Waals surface area contributed by atoms with Gasteiger partial charge in [-0.25, -0.2) is 9.37 Å². The van der Waals surface area contributed by atoms with Crippen molar-refractivity contribution < 1.29 is 9.50 Å². The minimum Gasteiger partial charge on any atom is -0.492 e. The van der Waals surface area contributed by atoms with Gasteiger partial charge in [-0.05, 0) is 42.2 Å². The normalized spacial score (nSPS) is 15.6. The molecule has 5 rings (SSSR count). The third-order valence-electron chi connectivity index (χ3n) is 5.27. The molecule has 0 bridgehead atoms. The van der Waals surface area contributed by atoms with E-state index in [1.165, 1.54) is 39.1 Å². The molecule has 1 N–H and O–H groups in total. The van der Waals surface area contributed by atoms with Crippen molar-refractivity contribution in [1.29, 1.82) is 0 Å². The summed E-state index contributed by atoms with van der Waals surface area (Å²) in [5, 5.41) is 15.2. The summed E-state index contributed by atoms with van der Waals surface area (Å²) in [4.78, 5) is 8.16. The predicted molar refractivity (Wildman–Crippen MR) is 106 cm³/mol. The van der Waals surface area contributed by atoms with Gasteiger partial charge in [-0.15, -0.1) is 5.10 Å². The van der Waals surface area contributed by atoms with Crippen molar-refractivity contribution >= 4 is 16.3 Å². The molecule has 0 spiro atoms. The number of thiazole rings is 1. The minimum atomic E-state index is -0.269. The lowest BCUT2D eigenvalue weighted by Crippen LogP contribution is -2.34. The molecule has 7 heteroatoms. The monoisotopic (exact) mass is 394 g/mol. The van der Waals surface area contributed by atoms with Gasteiger partial charge >= 0.3 is 0 Å². The van der Waals surface area contributed by atoms with Crippen LogP contribution in [0.15, 0.2) is 48.5 Å². The maximum atomic E-state index is 13.5. The first-order chi connectivity index (χ1) is 13.6. The number of aryl methyl sites for hydroxylation is 1. The average molecular weight is 394 g/mol. The number of rotatable bonds is 3. The number of hydrogen-bond donors (Lipinski definition) is 1. The highest BCUT2D eigenvalue weighted by molar-refractivity contribution is 7.17. The van der Waals surface area contributed by atoms with Gasteiger partial charge in [0.1, 0.15) is 11.6 Å². The Kier molecular flexibility index (Phi) is 4.14. The molecule has 0 radical (unpaired) electrons. The average Bonchev–Trinajstić information content (AvgIpc) is 3.21. The van der Waals surface area contributed by atoms with Gasteiger partial charge in [0, 0.05) is 13.1 Å². The van der Waals surface area contributed by atoms with Gasteiger partial charge in [0.05, 0.1) is 10.9 Å². The molecule has 142 valence electrons. The SMILES string of the molecule is Cc1nc2sc([C@@H](c3ccc(F)cc3)N3CCc4ccccc4C3)c(O)n2n1. The molecule has 0 saturated carbocycles. The smallest absolute Gasteiger partial charge is 0.230 e. The Labute approximate surface area is 165 Å². The Hall–Kier alpha value is -2.77. The van der Waals surface area contributed by atoms with E-state index < -0.39 is 0 Å². The largest absolute Gasteiger partial charge is 0.492 e. The van der Waals surface area contributed by atoms with Crippen LogP contribution in [0.5, 0.6) is 5.88 Å². The van der Waals surface area contributed by atoms with Crippen LogP contribution in [-0.2, 0) is 13.0 Å².